The maximum atomic E-state index is 10.8. The van der Waals surface area contributed by atoms with Crippen LogP contribution in [0.3, 0.4) is 0 Å². The molecular formula is C13H16O2. The van der Waals surface area contributed by atoms with Crippen molar-refractivity contribution in [3.8, 4) is 5.75 Å². The minimum atomic E-state index is -0.501. The zero-order valence-electron chi connectivity index (χ0n) is 9.25. The van der Waals surface area contributed by atoms with E-state index in [0.717, 1.165) is 31.3 Å². The number of hydrogen-bond donors (Lipinski definition) is 0. The predicted molar refractivity (Wildman–Crippen MR) is 59.2 cm³/mol. The number of carbonyl (C=O) groups excluding carboxylic acids is 1. The number of aldehydes is 1. The number of hydrogen-bond acceptors (Lipinski definition) is 2. The van der Waals surface area contributed by atoms with E-state index in [9.17, 15) is 4.79 Å². The van der Waals surface area contributed by atoms with Gasteiger partial charge in [0.25, 0.3) is 0 Å². The summed E-state index contributed by atoms with van der Waals surface area (Å²) in [6.07, 6.45) is 3.63. The van der Waals surface area contributed by atoms with Crippen LogP contribution >= 0.6 is 0 Å². The van der Waals surface area contributed by atoms with Gasteiger partial charge in [0.1, 0.15) is 5.75 Å². The molecule has 0 aliphatic heterocycles. The van der Waals surface area contributed by atoms with Crippen molar-refractivity contribution in [1.82, 2.24) is 0 Å². The lowest BCUT2D eigenvalue weighted by Crippen LogP contribution is -2.19. The SMILES string of the molecule is CCc1cc(C)cc(OC2(C=O)CC2)c1. The monoisotopic (exact) mass is 204 g/mol. The van der Waals surface area contributed by atoms with Crippen molar-refractivity contribution in [2.75, 3.05) is 0 Å². The molecule has 0 N–H and O–H groups in total. The summed E-state index contributed by atoms with van der Waals surface area (Å²) in [5.41, 5.74) is 1.94. The lowest BCUT2D eigenvalue weighted by Gasteiger charge is -2.13. The fourth-order valence-corrected chi connectivity index (χ4v) is 1.69. The highest BCUT2D eigenvalue weighted by Crippen LogP contribution is 2.38. The van der Waals surface area contributed by atoms with E-state index in [-0.39, 0.29) is 0 Å². The topological polar surface area (TPSA) is 26.3 Å². The zero-order chi connectivity index (χ0) is 10.9. The first-order chi connectivity index (χ1) is 7.17. The van der Waals surface area contributed by atoms with Crippen LogP contribution in [-0.2, 0) is 11.2 Å². The molecule has 1 aliphatic carbocycles. The summed E-state index contributed by atoms with van der Waals surface area (Å²) in [7, 11) is 0. The Labute approximate surface area is 90.3 Å². The Morgan fingerprint density at radius 3 is 2.67 bits per heavy atom. The van der Waals surface area contributed by atoms with Crippen molar-refractivity contribution in [3.05, 3.63) is 29.3 Å². The molecule has 1 aromatic rings. The molecule has 0 saturated heterocycles. The van der Waals surface area contributed by atoms with Crippen LogP contribution < -0.4 is 4.74 Å². The van der Waals surface area contributed by atoms with Crippen LogP contribution in [0.2, 0.25) is 0 Å². The maximum absolute atomic E-state index is 10.8. The van der Waals surface area contributed by atoms with Crippen LogP contribution in [-0.4, -0.2) is 11.9 Å². The van der Waals surface area contributed by atoms with Gasteiger partial charge < -0.3 is 4.74 Å². The third-order valence-corrected chi connectivity index (χ3v) is 2.80. The predicted octanol–water partition coefficient (Wildman–Crippen LogP) is 2.67. The number of carbonyl (C=O) groups is 1. The maximum Gasteiger partial charge on any atom is 0.164 e. The highest BCUT2D eigenvalue weighted by Gasteiger charge is 2.45. The van der Waals surface area contributed by atoms with Gasteiger partial charge in [-0.3, -0.25) is 4.79 Å². The first-order valence-electron chi connectivity index (χ1n) is 5.43. The Hall–Kier alpha value is -1.31. The van der Waals surface area contributed by atoms with Crippen LogP contribution in [0.5, 0.6) is 5.75 Å². The second kappa shape index (κ2) is 3.69. The molecular weight excluding hydrogens is 188 g/mol. The Bertz CT molecular complexity index is 378. The first-order valence-corrected chi connectivity index (χ1v) is 5.43. The first kappa shape index (κ1) is 10.2. The van der Waals surface area contributed by atoms with Crippen molar-refractivity contribution in [3.63, 3.8) is 0 Å². The van der Waals surface area contributed by atoms with Crippen LogP contribution in [0, 0.1) is 6.92 Å². The highest BCUT2D eigenvalue weighted by molar-refractivity contribution is 5.67. The molecule has 0 aromatic heterocycles. The van der Waals surface area contributed by atoms with Crippen molar-refractivity contribution < 1.29 is 9.53 Å². The fourth-order valence-electron chi connectivity index (χ4n) is 1.69. The van der Waals surface area contributed by atoms with E-state index in [2.05, 4.69) is 13.0 Å². The lowest BCUT2D eigenvalue weighted by atomic mass is 10.1. The van der Waals surface area contributed by atoms with Crippen molar-refractivity contribution in [2.24, 2.45) is 0 Å². The molecule has 0 atom stereocenters. The molecule has 0 heterocycles. The largest absolute Gasteiger partial charge is 0.480 e. The van der Waals surface area contributed by atoms with Crippen molar-refractivity contribution in [2.45, 2.75) is 38.7 Å². The molecule has 2 heteroatoms. The number of benzene rings is 1. The van der Waals surface area contributed by atoms with Crippen LogP contribution in [0.4, 0.5) is 0 Å². The fraction of sp³-hybridized carbons (Fsp3) is 0.462. The average molecular weight is 204 g/mol. The lowest BCUT2D eigenvalue weighted by molar-refractivity contribution is -0.115. The summed E-state index contributed by atoms with van der Waals surface area (Å²) in [4.78, 5) is 10.8. The second-order valence-electron chi connectivity index (χ2n) is 4.29. The van der Waals surface area contributed by atoms with E-state index in [1.807, 2.05) is 19.1 Å². The highest BCUT2D eigenvalue weighted by atomic mass is 16.5. The van der Waals surface area contributed by atoms with Crippen LogP contribution in [0.1, 0.15) is 30.9 Å². The van der Waals surface area contributed by atoms with Gasteiger partial charge in [-0.25, -0.2) is 0 Å². The Kier molecular flexibility index (Phi) is 2.51. The van der Waals surface area contributed by atoms with E-state index >= 15 is 0 Å². The Morgan fingerprint density at radius 2 is 2.13 bits per heavy atom. The second-order valence-corrected chi connectivity index (χ2v) is 4.29. The van der Waals surface area contributed by atoms with Gasteiger partial charge in [0.2, 0.25) is 0 Å². The van der Waals surface area contributed by atoms with Gasteiger partial charge in [0.15, 0.2) is 11.9 Å². The summed E-state index contributed by atoms with van der Waals surface area (Å²) >= 11 is 0. The van der Waals surface area contributed by atoms with E-state index in [4.69, 9.17) is 4.74 Å². The van der Waals surface area contributed by atoms with E-state index in [1.54, 1.807) is 0 Å². The average Bonchev–Trinajstić information content (AvgIpc) is 2.97. The van der Waals surface area contributed by atoms with Gasteiger partial charge in [0, 0.05) is 0 Å². The van der Waals surface area contributed by atoms with E-state index in [0.29, 0.717) is 0 Å². The number of rotatable bonds is 4. The number of ether oxygens (including phenoxy) is 1. The summed E-state index contributed by atoms with van der Waals surface area (Å²) < 4.78 is 5.72. The van der Waals surface area contributed by atoms with Crippen LogP contribution in [0.15, 0.2) is 18.2 Å². The third kappa shape index (κ3) is 2.20. The van der Waals surface area contributed by atoms with Gasteiger partial charge in [0.05, 0.1) is 0 Å². The molecule has 1 saturated carbocycles. The van der Waals surface area contributed by atoms with E-state index in [1.165, 1.54) is 11.1 Å². The van der Waals surface area contributed by atoms with E-state index < -0.39 is 5.60 Å². The quantitative estimate of drug-likeness (QED) is 0.705. The smallest absolute Gasteiger partial charge is 0.164 e. The van der Waals surface area contributed by atoms with Gasteiger partial charge in [-0.05, 0) is 49.4 Å². The molecule has 80 valence electrons. The minimum Gasteiger partial charge on any atom is -0.480 e. The van der Waals surface area contributed by atoms with Gasteiger partial charge in [-0.2, -0.15) is 0 Å². The molecule has 2 rings (SSSR count). The van der Waals surface area contributed by atoms with Crippen molar-refractivity contribution in [1.29, 1.82) is 0 Å². The van der Waals surface area contributed by atoms with Gasteiger partial charge in [-0.1, -0.05) is 13.0 Å². The van der Waals surface area contributed by atoms with Gasteiger partial charge >= 0.3 is 0 Å². The van der Waals surface area contributed by atoms with Crippen molar-refractivity contribution >= 4 is 6.29 Å². The zero-order valence-corrected chi connectivity index (χ0v) is 9.25. The molecule has 1 aliphatic rings. The molecule has 1 fully saturated rings. The molecule has 0 spiro atoms. The minimum absolute atomic E-state index is 0.501. The summed E-state index contributed by atoms with van der Waals surface area (Å²) in [6, 6.07) is 6.16. The van der Waals surface area contributed by atoms with Gasteiger partial charge in [-0.15, -0.1) is 0 Å². The standard InChI is InChI=1S/C13H16O2/c1-3-11-6-10(2)7-12(8-11)15-13(9-14)4-5-13/h6-9H,3-5H2,1-2H3. The summed E-state index contributed by atoms with van der Waals surface area (Å²) in [6.45, 7) is 4.16. The Morgan fingerprint density at radius 1 is 1.40 bits per heavy atom. The normalized spacial score (nSPS) is 17.2. The summed E-state index contributed by atoms with van der Waals surface area (Å²) in [5.74, 6) is 0.830. The molecule has 0 amide bonds. The van der Waals surface area contributed by atoms with Crippen LogP contribution in [0.25, 0.3) is 0 Å². The molecule has 1 aromatic carbocycles. The molecule has 15 heavy (non-hydrogen) atoms. The molecule has 0 radical (unpaired) electrons. The molecule has 0 bridgehead atoms. The third-order valence-electron chi connectivity index (χ3n) is 2.80. The molecule has 2 nitrogen and oxygen atoms in total. The molecule has 0 unspecified atom stereocenters. The number of aryl methyl sites for hydroxylation is 2. The summed E-state index contributed by atoms with van der Waals surface area (Å²) in [5, 5.41) is 0. The Balaban J connectivity index is 2.20.